The summed E-state index contributed by atoms with van der Waals surface area (Å²) in [6.07, 6.45) is 0.00753. The molecule has 2 N–H and O–H groups in total. The third-order valence-electron chi connectivity index (χ3n) is 3.06. The van der Waals surface area contributed by atoms with Crippen LogP contribution in [0.15, 0.2) is 53.4 Å². The molecule has 0 bridgehead atoms. The number of aliphatic carboxylic acids is 1. The second-order valence-corrected chi connectivity index (χ2v) is 7.30. The van der Waals surface area contributed by atoms with Crippen LogP contribution in [-0.4, -0.2) is 25.5 Å². The van der Waals surface area contributed by atoms with Gasteiger partial charge in [-0.15, -0.1) is 0 Å². The Morgan fingerprint density at radius 1 is 1.13 bits per heavy atom. The fourth-order valence-corrected chi connectivity index (χ4v) is 3.91. The fourth-order valence-electron chi connectivity index (χ4n) is 1.96. The number of carboxylic acid groups (broad SMARTS) is 1. The molecule has 5 nitrogen and oxygen atoms in total. The van der Waals surface area contributed by atoms with Crippen molar-refractivity contribution in [2.75, 3.05) is 0 Å². The predicted molar refractivity (Wildman–Crippen MR) is 88.4 cm³/mol. The highest BCUT2D eigenvalue weighted by Crippen LogP contribution is 2.25. The average molecular weight is 374 g/mol. The second-order valence-electron chi connectivity index (χ2n) is 4.78. The first-order valence-electron chi connectivity index (χ1n) is 6.54. The van der Waals surface area contributed by atoms with Crippen molar-refractivity contribution < 1.29 is 18.3 Å². The molecule has 2 rings (SSSR count). The van der Waals surface area contributed by atoms with Gasteiger partial charge in [0, 0.05) is 5.02 Å². The molecule has 2 aromatic rings. The van der Waals surface area contributed by atoms with Gasteiger partial charge in [0.15, 0.2) is 0 Å². The Labute approximate surface area is 143 Å². The zero-order chi connectivity index (χ0) is 17.0. The molecule has 1 unspecified atom stereocenters. The van der Waals surface area contributed by atoms with Gasteiger partial charge >= 0.3 is 5.97 Å². The van der Waals surface area contributed by atoms with E-state index in [0.717, 1.165) is 0 Å². The summed E-state index contributed by atoms with van der Waals surface area (Å²) in [6, 6.07) is 11.4. The van der Waals surface area contributed by atoms with Crippen LogP contribution in [0.4, 0.5) is 0 Å². The van der Waals surface area contributed by atoms with E-state index in [9.17, 15) is 18.3 Å². The molecule has 2 aromatic carbocycles. The van der Waals surface area contributed by atoms with Crippen molar-refractivity contribution in [3.05, 3.63) is 64.1 Å². The Bertz CT molecular complexity index is 809. The molecule has 0 amide bonds. The van der Waals surface area contributed by atoms with E-state index in [2.05, 4.69) is 4.72 Å². The maximum absolute atomic E-state index is 12.4. The van der Waals surface area contributed by atoms with Crippen LogP contribution < -0.4 is 4.72 Å². The third-order valence-corrected chi connectivity index (χ3v) is 5.25. The molecule has 0 heterocycles. The van der Waals surface area contributed by atoms with Gasteiger partial charge in [-0.3, -0.25) is 4.79 Å². The Kier molecular flexibility index (Phi) is 5.64. The molecule has 0 saturated heterocycles. The van der Waals surface area contributed by atoms with Crippen LogP contribution >= 0.6 is 23.2 Å². The summed E-state index contributed by atoms with van der Waals surface area (Å²) in [6.45, 7) is 0. The van der Waals surface area contributed by atoms with Crippen LogP contribution in [0, 0.1) is 0 Å². The van der Waals surface area contributed by atoms with Crippen molar-refractivity contribution >= 4 is 39.2 Å². The fraction of sp³-hybridized carbons (Fsp3) is 0.133. The highest BCUT2D eigenvalue weighted by atomic mass is 35.5. The quantitative estimate of drug-likeness (QED) is 0.814. The molecule has 0 aliphatic heterocycles. The number of halogens is 2. The molecule has 0 saturated carbocycles. The minimum absolute atomic E-state index is 0.00753. The van der Waals surface area contributed by atoms with E-state index in [-0.39, 0.29) is 21.4 Å². The molecule has 0 spiro atoms. The van der Waals surface area contributed by atoms with Crippen LogP contribution in [0.3, 0.4) is 0 Å². The van der Waals surface area contributed by atoms with Crippen molar-refractivity contribution in [2.24, 2.45) is 0 Å². The highest BCUT2D eigenvalue weighted by Gasteiger charge is 2.27. The van der Waals surface area contributed by atoms with E-state index < -0.39 is 22.0 Å². The van der Waals surface area contributed by atoms with E-state index >= 15 is 0 Å². The van der Waals surface area contributed by atoms with Gasteiger partial charge in [0.2, 0.25) is 10.0 Å². The second kappa shape index (κ2) is 7.31. The van der Waals surface area contributed by atoms with Gasteiger partial charge in [-0.1, -0.05) is 53.5 Å². The molecular formula is C15H13Cl2NO4S. The molecule has 122 valence electrons. The molecule has 0 radical (unpaired) electrons. The van der Waals surface area contributed by atoms with Gasteiger partial charge in [-0.25, -0.2) is 8.42 Å². The minimum Gasteiger partial charge on any atom is -0.480 e. The molecule has 0 fully saturated rings. The van der Waals surface area contributed by atoms with Gasteiger partial charge in [0.1, 0.15) is 10.9 Å². The maximum atomic E-state index is 12.4. The summed E-state index contributed by atoms with van der Waals surface area (Å²) in [5.74, 6) is -1.28. The minimum atomic E-state index is -4.13. The number of rotatable bonds is 6. The number of hydrogen-bond donors (Lipinski definition) is 2. The summed E-state index contributed by atoms with van der Waals surface area (Å²) in [5.41, 5.74) is 0.694. The van der Waals surface area contributed by atoms with Crippen LogP contribution in [0.5, 0.6) is 0 Å². The molecule has 23 heavy (non-hydrogen) atoms. The number of carbonyl (C=O) groups is 1. The van der Waals surface area contributed by atoms with Crippen molar-refractivity contribution in [1.29, 1.82) is 0 Å². The summed E-state index contributed by atoms with van der Waals surface area (Å²) in [5, 5.41) is 9.43. The summed E-state index contributed by atoms with van der Waals surface area (Å²) >= 11 is 11.7. The SMILES string of the molecule is O=C(O)C(Cc1ccccc1)NS(=O)(=O)c1cc(Cl)ccc1Cl. The summed E-state index contributed by atoms with van der Waals surface area (Å²) < 4.78 is 26.9. The van der Waals surface area contributed by atoms with Gasteiger partial charge in [0.25, 0.3) is 0 Å². The number of benzene rings is 2. The third kappa shape index (κ3) is 4.68. The lowest BCUT2D eigenvalue weighted by molar-refractivity contribution is -0.138. The van der Waals surface area contributed by atoms with Crippen LogP contribution in [0.2, 0.25) is 10.0 Å². The lowest BCUT2D eigenvalue weighted by Crippen LogP contribution is -2.42. The van der Waals surface area contributed by atoms with Crippen LogP contribution in [-0.2, 0) is 21.2 Å². The van der Waals surface area contributed by atoms with Crippen LogP contribution in [0.1, 0.15) is 5.56 Å². The van der Waals surface area contributed by atoms with E-state index in [1.807, 2.05) is 0 Å². The smallest absolute Gasteiger partial charge is 0.322 e. The first-order valence-corrected chi connectivity index (χ1v) is 8.77. The van der Waals surface area contributed by atoms with Crippen molar-refractivity contribution in [3.63, 3.8) is 0 Å². The first kappa shape index (κ1) is 17.7. The van der Waals surface area contributed by atoms with E-state index in [1.165, 1.54) is 18.2 Å². The van der Waals surface area contributed by atoms with Gasteiger partial charge in [0.05, 0.1) is 5.02 Å². The Hall–Kier alpha value is -1.60. The first-order chi connectivity index (χ1) is 10.8. The van der Waals surface area contributed by atoms with E-state index in [0.29, 0.717) is 5.56 Å². The Morgan fingerprint density at radius 3 is 2.39 bits per heavy atom. The molecule has 1 atom stereocenters. The summed E-state index contributed by atoms with van der Waals surface area (Å²) in [4.78, 5) is 11.1. The zero-order valence-electron chi connectivity index (χ0n) is 11.7. The number of carboxylic acids is 1. The number of sulfonamides is 1. The van der Waals surface area contributed by atoms with Crippen molar-refractivity contribution in [1.82, 2.24) is 4.72 Å². The van der Waals surface area contributed by atoms with Crippen molar-refractivity contribution in [3.8, 4) is 0 Å². The lowest BCUT2D eigenvalue weighted by atomic mass is 10.1. The molecule has 0 aliphatic carbocycles. The molecular weight excluding hydrogens is 361 g/mol. The highest BCUT2D eigenvalue weighted by molar-refractivity contribution is 7.89. The number of nitrogens with one attached hydrogen (secondary N) is 1. The lowest BCUT2D eigenvalue weighted by Gasteiger charge is -2.15. The van der Waals surface area contributed by atoms with Gasteiger partial charge in [-0.2, -0.15) is 4.72 Å². The molecule has 0 aromatic heterocycles. The predicted octanol–water partition coefficient (Wildman–Crippen LogP) is 2.97. The maximum Gasteiger partial charge on any atom is 0.322 e. The molecule has 8 heteroatoms. The monoisotopic (exact) mass is 373 g/mol. The van der Waals surface area contributed by atoms with Gasteiger partial charge < -0.3 is 5.11 Å². The zero-order valence-corrected chi connectivity index (χ0v) is 14.1. The summed E-state index contributed by atoms with van der Waals surface area (Å²) in [7, 11) is -4.13. The molecule has 0 aliphatic rings. The van der Waals surface area contributed by atoms with Crippen molar-refractivity contribution in [2.45, 2.75) is 17.4 Å². The average Bonchev–Trinajstić information content (AvgIpc) is 2.49. The van der Waals surface area contributed by atoms with E-state index in [4.69, 9.17) is 23.2 Å². The van der Waals surface area contributed by atoms with E-state index in [1.54, 1.807) is 30.3 Å². The number of hydrogen-bond acceptors (Lipinski definition) is 3. The Balaban J connectivity index is 2.28. The standard InChI is InChI=1S/C15H13Cl2NO4S/c16-11-6-7-12(17)14(9-11)23(21,22)18-13(15(19)20)8-10-4-2-1-3-5-10/h1-7,9,13,18H,8H2,(H,19,20). The normalized spacial score (nSPS) is 12.8. The topological polar surface area (TPSA) is 83.5 Å². The van der Waals surface area contributed by atoms with Crippen LogP contribution in [0.25, 0.3) is 0 Å². The largest absolute Gasteiger partial charge is 0.480 e. The van der Waals surface area contributed by atoms with Gasteiger partial charge in [-0.05, 0) is 30.2 Å². The Morgan fingerprint density at radius 2 is 1.78 bits per heavy atom.